The molecule has 0 atom stereocenters. The van der Waals surface area contributed by atoms with E-state index in [1.807, 2.05) is 0 Å². The Labute approximate surface area is 133 Å². The predicted octanol–water partition coefficient (Wildman–Crippen LogP) is 4.40. The van der Waals surface area contributed by atoms with Crippen LogP contribution < -0.4 is 0 Å². The molecule has 2 aliphatic rings. The molecule has 0 radical (unpaired) electrons. The minimum absolute atomic E-state index is 0.506. The molecule has 1 saturated heterocycles. The Kier molecular flexibility index (Phi) is 5.76. The molecule has 0 amide bonds. The minimum Gasteiger partial charge on any atom is -0.301 e. The minimum atomic E-state index is 0.506. The first kappa shape index (κ1) is 17.3. The molecule has 2 heteroatoms. The maximum Gasteiger partial charge on any atom is 0.0119 e. The molecule has 1 heterocycles. The lowest BCUT2D eigenvalue weighted by Crippen LogP contribution is -2.49. The number of hydrogen-bond acceptors (Lipinski definition) is 2. The van der Waals surface area contributed by atoms with Crippen LogP contribution in [0.3, 0.4) is 0 Å². The van der Waals surface area contributed by atoms with Crippen LogP contribution in [-0.2, 0) is 0 Å². The van der Waals surface area contributed by atoms with Crippen LogP contribution in [0.4, 0.5) is 0 Å². The second-order valence-corrected chi connectivity index (χ2v) is 8.90. The van der Waals surface area contributed by atoms with Crippen molar-refractivity contribution < 1.29 is 0 Å². The van der Waals surface area contributed by atoms with Crippen LogP contribution in [-0.4, -0.2) is 48.1 Å². The van der Waals surface area contributed by atoms with E-state index >= 15 is 0 Å². The number of piperidine rings is 1. The molecule has 0 aromatic carbocycles. The summed E-state index contributed by atoms with van der Waals surface area (Å²) < 4.78 is 0. The highest BCUT2D eigenvalue weighted by molar-refractivity contribution is 4.88. The molecule has 0 unspecified atom stereocenters. The van der Waals surface area contributed by atoms with Crippen molar-refractivity contribution in [3.8, 4) is 0 Å². The Hall–Kier alpha value is -0.0800. The highest BCUT2D eigenvalue weighted by Crippen LogP contribution is 2.39. The third kappa shape index (κ3) is 4.45. The molecule has 1 aliphatic heterocycles. The summed E-state index contributed by atoms with van der Waals surface area (Å²) in [5.74, 6) is 0.935. The van der Waals surface area contributed by atoms with E-state index in [-0.39, 0.29) is 0 Å². The summed E-state index contributed by atoms with van der Waals surface area (Å²) in [6, 6.07) is 2.40. The Bertz CT molecular complexity index is 302. The van der Waals surface area contributed by atoms with Crippen LogP contribution in [0.25, 0.3) is 0 Å². The predicted molar refractivity (Wildman–Crippen MR) is 92.7 cm³/mol. The summed E-state index contributed by atoms with van der Waals surface area (Å²) in [5.41, 5.74) is 0.506. The fourth-order valence-electron chi connectivity index (χ4n) is 4.46. The molecule has 0 aromatic rings. The van der Waals surface area contributed by atoms with E-state index < -0.39 is 0 Å². The van der Waals surface area contributed by atoms with Crippen molar-refractivity contribution in [3.63, 3.8) is 0 Å². The lowest BCUT2D eigenvalue weighted by atomic mass is 9.71. The second kappa shape index (κ2) is 7.00. The molecule has 124 valence electrons. The average molecular weight is 295 g/mol. The van der Waals surface area contributed by atoms with Gasteiger partial charge in [-0.05, 0) is 83.8 Å². The Morgan fingerprint density at radius 1 is 0.857 bits per heavy atom. The molecule has 2 fully saturated rings. The zero-order chi connectivity index (χ0) is 15.6. The van der Waals surface area contributed by atoms with Crippen LogP contribution in [0.1, 0.15) is 73.1 Å². The smallest absolute Gasteiger partial charge is 0.0119 e. The number of hydrogen-bond donors (Lipinski definition) is 0. The van der Waals surface area contributed by atoms with Gasteiger partial charge in [0.05, 0.1) is 0 Å². The van der Waals surface area contributed by atoms with Gasteiger partial charge in [0, 0.05) is 18.1 Å². The Morgan fingerprint density at radius 3 is 1.76 bits per heavy atom. The van der Waals surface area contributed by atoms with Crippen LogP contribution >= 0.6 is 0 Å². The molecule has 0 spiro atoms. The zero-order valence-corrected chi connectivity index (χ0v) is 15.4. The summed E-state index contributed by atoms with van der Waals surface area (Å²) in [6.45, 7) is 14.5. The van der Waals surface area contributed by atoms with Gasteiger partial charge in [-0.1, -0.05) is 20.8 Å². The van der Waals surface area contributed by atoms with Crippen LogP contribution in [0.2, 0.25) is 0 Å². The molecule has 0 aromatic heterocycles. The third-order valence-corrected chi connectivity index (χ3v) is 6.30. The maximum absolute atomic E-state index is 2.75. The van der Waals surface area contributed by atoms with Crippen LogP contribution in [0.5, 0.6) is 0 Å². The van der Waals surface area contributed by atoms with Crippen molar-refractivity contribution in [2.75, 3.05) is 20.1 Å². The van der Waals surface area contributed by atoms with Crippen molar-refractivity contribution in [1.29, 1.82) is 0 Å². The highest BCUT2D eigenvalue weighted by Gasteiger charge is 2.33. The van der Waals surface area contributed by atoms with Crippen molar-refractivity contribution in [2.24, 2.45) is 11.3 Å². The molecular formula is C19H38N2. The molecule has 0 bridgehead atoms. The van der Waals surface area contributed by atoms with Gasteiger partial charge in [0.25, 0.3) is 0 Å². The van der Waals surface area contributed by atoms with Gasteiger partial charge in [-0.2, -0.15) is 0 Å². The normalized spacial score (nSPS) is 30.3. The quantitative estimate of drug-likeness (QED) is 0.761. The molecular weight excluding hydrogens is 256 g/mol. The largest absolute Gasteiger partial charge is 0.301 e. The van der Waals surface area contributed by atoms with E-state index in [0.717, 1.165) is 24.0 Å². The van der Waals surface area contributed by atoms with Gasteiger partial charge in [-0.15, -0.1) is 0 Å². The van der Waals surface area contributed by atoms with Gasteiger partial charge in [0.15, 0.2) is 0 Å². The average Bonchev–Trinajstić information content (AvgIpc) is 2.46. The van der Waals surface area contributed by atoms with Crippen LogP contribution in [0, 0.1) is 11.3 Å². The van der Waals surface area contributed by atoms with Crippen LogP contribution in [0.15, 0.2) is 0 Å². The fraction of sp³-hybridized carbons (Fsp3) is 1.00. The summed E-state index contributed by atoms with van der Waals surface area (Å²) in [6.07, 6.45) is 8.44. The molecule has 2 rings (SSSR count). The van der Waals surface area contributed by atoms with E-state index in [1.54, 1.807) is 0 Å². The number of likely N-dealkylation sites (tertiary alicyclic amines) is 1. The van der Waals surface area contributed by atoms with Crippen molar-refractivity contribution >= 4 is 0 Å². The lowest BCUT2D eigenvalue weighted by Gasteiger charge is -2.45. The Balaban J connectivity index is 1.79. The molecule has 0 N–H and O–H groups in total. The van der Waals surface area contributed by atoms with E-state index in [4.69, 9.17) is 0 Å². The van der Waals surface area contributed by atoms with Crippen molar-refractivity contribution in [2.45, 2.75) is 91.3 Å². The summed E-state index contributed by atoms with van der Waals surface area (Å²) in [5, 5.41) is 0. The zero-order valence-electron chi connectivity index (χ0n) is 15.4. The number of nitrogens with zero attached hydrogens (tertiary/aromatic N) is 2. The van der Waals surface area contributed by atoms with E-state index in [9.17, 15) is 0 Å². The first-order valence-corrected chi connectivity index (χ1v) is 9.25. The maximum atomic E-state index is 2.75. The number of rotatable bonds is 3. The summed E-state index contributed by atoms with van der Waals surface area (Å²) >= 11 is 0. The first-order valence-electron chi connectivity index (χ1n) is 9.25. The highest BCUT2D eigenvalue weighted by atomic mass is 15.2. The van der Waals surface area contributed by atoms with E-state index in [2.05, 4.69) is 51.5 Å². The third-order valence-electron chi connectivity index (χ3n) is 6.30. The van der Waals surface area contributed by atoms with Crippen molar-refractivity contribution in [3.05, 3.63) is 0 Å². The van der Waals surface area contributed by atoms with Crippen molar-refractivity contribution in [1.82, 2.24) is 9.80 Å². The second-order valence-electron chi connectivity index (χ2n) is 8.90. The van der Waals surface area contributed by atoms with Gasteiger partial charge < -0.3 is 9.80 Å². The molecule has 21 heavy (non-hydrogen) atoms. The van der Waals surface area contributed by atoms with Gasteiger partial charge in [-0.25, -0.2) is 0 Å². The van der Waals surface area contributed by atoms with Gasteiger partial charge in [0.2, 0.25) is 0 Å². The Morgan fingerprint density at radius 2 is 1.33 bits per heavy atom. The fourth-order valence-corrected chi connectivity index (χ4v) is 4.46. The summed E-state index contributed by atoms with van der Waals surface area (Å²) in [7, 11) is 2.40. The van der Waals surface area contributed by atoms with Gasteiger partial charge >= 0.3 is 0 Å². The van der Waals surface area contributed by atoms with Gasteiger partial charge in [-0.3, -0.25) is 0 Å². The van der Waals surface area contributed by atoms with E-state index in [1.165, 1.54) is 51.6 Å². The molecule has 1 saturated carbocycles. The first-order chi connectivity index (χ1) is 9.79. The molecule has 2 nitrogen and oxygen atoms in total. The SMILES string of the molecule is CC(C)N1CCC(N(C)C2CCC(C(C)(C)C)CC2)CC1. The summed E-state index contributed by atoms with van der Waals surface area (Å²) in [4.78, 5) is 5.39. The van der Waals surface area contributed by atoms with Gasteiger partial charge in [0.1, 0.15) is 0 Å². The lowest BCUT2D eigenvalue weighted by molar-refractivity contribution is 0.0495. The monoisotopic (exact) mass is 294 g/mol. The molecule has 1 aliphatic carbocycles. The van der Waals surface area contributed by atoms with E-state index in [0.29, 0.717) is 5.41 Å². The topological polar surface area (TPSA) is 6.48 Å². The standard InChI is InChI=1S/C19H38N2/c1-15(2)21-13-11-18(12-14-21)20(6)17-9-7-16(8-10-17)19(3,4)5/h15-18H,7-14H2,1-6H3.